The molecular weight excluding hydrogens is 202 g/mol. The maximum absolute atomic E-state index is 11.3. The molecule has 0 aliphatic carbocycles. The van der Waals surface area contributed by atoms with E-state index in [1.165, 1.54) is 0 Å². The van der Waals surface area contributed by atoms with Gasteiger partial charge in [-0.25, -0.2) is 4.98 Å². The molecule has 4 nitrogen and oxygen atoms in total. The zero-order valence-corrected chi connectivity index (χ0v) is 9.79. The minimum absolute atomic E-state index is 0.143. The molecule has 1 heterocycles. The number of rotatable bonds is 5. The molecule has 0 aromatic carbocycles. The summed E-state index contributed by atoms with van der Waals surface area (Å²) in [7, 11) is 1.93. The van der Waals surface area contributed by atoms with Gasteiger partial charge in [-0.2, -0.15) is 0 Å². The average Bonchev–Trinajstić information content (AvgIpc) is 2.58. The molecule has 0 saturated heterocycles. The molecule has 1 aromatic rings. The summed E-state index contributed by atoms with van der Waals surface area (Å²) in [4.78, 5) is 15.6. The highest BCUT2D eigenvalue weighted by molar-refractivity contribution is 5.91. The summed E-state index contributed by atoms with van der Waals surface area (Å²) in [5.41, 5.74) is 2.44. The Labute approximate surface area is 95.7 Å². The predicted octanol–water partition coefficient (Wildman–Crippen LogP) is 1.34. The largest absolute Gasteiger partial charge is 0.347 e. The number of nitrogens with zero attached hydrogens (tertiary/aromatic N) is 2. The lowest BCUT2D eigenvalue weighted by Gasteiger charge is -2.05. The monoisotopic (exact) mass is 219 g/mol. The van der Waals surface area contributed by atoms with Gasteiger partial charge in [0.05, 0.1) is 18.6 Å². The maximum atomic E-state index is 11.3. The standard InChI is InChI=1S/C12H17N3O/c1-5-6-11-10(14-8-15(11)4)7-13-12(16)9(2)3/h5,8H,1-2,6-7H2,3-4H3,(H,13,16). The summed E-state index contributed by atoms with van der Waals surface area (Å²) < 4.78 is 1.93. The molecule has 0 fully saturated rings. The van der Waals surface area contributed by atoms with Gasteiger partial charge in [0.15, 0.2) is 0 Å². The van der Waals surface area contributed by atoms with E-state index in [9.17, 15) is 4.79 Å². The van der Waals surface area contributed by atoms with Gasteiger partial charge in [-0.05, 0) is 6.92 Å². The van der Waals surface area contributed by atoms with E-state index in [4.69, 9.17) is 0 Å². The third kappa shape index (κ3) is 2.82. The van der Waals surface area contributed by atoms with E-state index in [0.717, 1.165) is 17.8 Å². The molecule has 1 aromatic heterocycles. The Hall–Kier alpha value is -1.84. The van der Waals surface area contributed by atoms with Crippen LogP contribution in [0.2, 0.25) is 0 Å². The second kappa shape index (κ2) is 5.30. The summed E-state index contributed by atoms with van der Waals surface area (Å²) >= 11 is 0. The molecule has 0 unspecified atom stereocenters. The fourth-order valence-electron chi connectivity index (χ4n) is 1.37. The van der Waals surface area contributed by atoms with Crippen molar-refractivity contribution in [1.29, 1.82) is 0 Å². The van der Waals surface area contributed by atoms with E-state index >= 15 is 0 Å². The molecule has 1 amide bonds. The number of carbonyl (C=O) groups is 1. The van der Waals surface area contributed by atoms with Crippen molar-refractivity contribution in [2.75, 3.05) is 0 Å². The van der Waals surface area contributed by atoms with Crippen molar-refractivity contribution in [2.45, 2.75) is 19.9 Å². The summed E-state index contributed by atoms with van der Waals surface area (Å²) in [6.07, 6.45) is 4.30. The van der Waals surface area contributed by atoms with Gasteiger partial charge in [-0.15, -0.1) is 6.58 Å². The van der Waals surface area contributed by atoms with E-state index in [0.29, 0.717) is 12.1 Å². The fourth-order valence-corrected chi connectivity index (χ4v) is 1.37. The first-order valence-electron chi connectivity index (χ1n) is 5.10. The summed E-state index contributed by atoms with van der Waals surface area (Å²) in [6, 6.07) is 0. The lowest BCUT2D eigenvalue weighted by Crippen LogP contribution is -2.23. The Bertz CT molecular complexity index is 418. The number of nitrogens with one attached hydrogen (secondary N) is 1. The van der Waals surface area contributed by atoms with Crippen LogP contribution in [0.15, 0.2) is 31.1 Å². The van der Waals surface area contributed by atoms with E-state index in [1.54, 1.807) is 13.3 Å². The van der Waals surface area contributed by atoms with Gasteiger partial charge >= 0.3 is 0 Å². The second-order valence-corrected chi connectivity index (χ2v) is 3.70. The number of imidazole rings is 1. The van der Waals surface area contributed by atoms with Crippen molar-refractivity contribution < 1.29 is 4.79 Å². The molecule has 0 radical (unpaired) electrons. The zero-order chi connectivity index (χ0) is 12.1. The molecule has 0 spiro atoms. The van der Waals surface area contributed by atoms with E-state index < -0.39 is 0 Å². The molecule has 16 heavy (non-hydrogen) atoms. The van der Waals surface area contributed by atoms with Gasteiger partial charge in [0.25, 0.3) is 0 Å². The van der Waals surface area contributed by atoms with Crippen LogP contribution >= 0.6 is 0 Å². The molecule has 1 N–H and O–H groups in total. The number of allylic oxidation sites excluding steroid dienone is 1. The third-order valence-electron chi connectivity index (χ3n) is 2.29. The molecule has 1 rings (SSSR count). The molecule has 86 valence electrons. The van der Waals surface area contributed by atoms with Crippen molar-refractivity contribution >= 4 is 5.91 Å². The van der Waals surface area contributed by atoms with Crippen molar-refractivity contribution in [2.24, 2.45) is 7.05 Å². The first-order valence-corrected chi connectivity index (χ1v) is 5.10. The molecule has 0 saturated carbocycles. The molecule has 0 atom stereocenters. The highest BCUT2D eigenvalue weighted by Crippen LogP contribution is 2.07. The second-order valence-electron chi connectivity index (χ2n) is 3.70. The van der Waals surface area contributed by atoms with Crippen LogP contribution in [0.5, 0.6) is 0 Å². The molecule has 0 aliphatic heterocycles. The van der Waals surface area contributed by atoms with Gasteiger partial charge in [0.1, 0.15) is 0 Å². The van der Waals surface area contributed by atoms with Crippen LogP contribution in [-0.2, 0) is 24.8 Å². The van der Waals surface area contributed by atoms with Crippen LogP contribution in [0, 0.1) is 0 Å². The van der Waals surface area contributed by atoms with Crippen molar-refractivity contribution in [3.05, 3.63) is 42.5 Å². The van der Waals surface area contributed by atoms with Gasteiger partial charge in [-0.1, -0.05) is 12.7 Å². The molecular formula is C12H17N3O. The number of hydrogen-bond acceptors (Lipinski definition) is 2. The smallest absolute Gasteiger partial charge is 0.246 e. The van der Waals surface area contributed by atoms with Crippen LogP contribution in [-0.4, -0.2) is 15.5 Å². The Morgan fingerprint density at radius 3 is 2.94 bits per heavy atom. The van der Waals surface area contributed by atoms with Crippen LogP contribution in [0.3, 0.4) is 0 Å². The number of amides is 1. The minimum Gasteiger partial charge on any atom is -0.347 e. The highest BCUT2D eigenvalue weighted by atomic mass is 16.1. The Morgan fingerprint density at radius 2 is 2.38 bits per heavy atom. The zero-order valence-electron chi connectivity index (χ0n) is 9.79. The fraction of sp³-hybridized carbons (Fsp3) is 0.333. The Balaban J connectivity index is 2.70. The quantitative estimate of drug-likeness (QED) is 0.600. The van der Waals surface area contributed by atoms with Gasteiger partial charge in [0, 0.05) is 24.7 Å². The van der Waals surface area contributed by atoms with Crippen molar-refractivity contribution in [3.8, 4) is 0 Å². The number of carbonyl (C=O) groups excluding carboxylic acids is 1. The van der Waals surface area contributed by atoms with Crippen LogP contribution in [0.4, 0.5) is 0 Å². The lowest BCUT2D eigenvalue weighted by atomic mass is 10.2. The normalized spacial score (nSPS) is 9.88. The lowest BCUT2D eigenvalue weighted by molar-refractivity contribution is -0.117. The Morgan fingerprint density at radius 1 is 1.69 bits per heavy atom. The topological polar surface area (TPSA) is 46.9 Å². The molecule has 0 bridgehead atoms. The Kier molecular flexibility index (Phi) is 4.05. The van der Waals surface area contributed by atoms with Gasteiger partial charge in [0.2, 0.25) is 5.91 Å². The van der Waals surface area contributed by atoms with Crippen LogP contribution in [0.1, 0.15) is 18.3 Å². The van der Waals surface area contributed by atoms with E-state index in [2.05, 4.69) is 23.5 Å². The average molecular weight is 219 g/mol. The van der Waals surface area contributed by atoms with Crippen molar-refractivity contribution in [3.63, 3.8) is 0 Å². The summed E-state index contributed by atoms with van der Waals surface area (Å²) in [5, 5.41) is 2.76. The molecule has 0 aliphatic rings. The number of aromatic nitrogens is 2. The van der Waals surface area contributed by atoms with Crippen molar-refractivity contribution in [1.82, 2.24) is 14.9 Å². The number of aryl methyl sites for hydroxylation is 1. The minimum atomic E-state index is -0.143. The molecule has 4 heteroatoms. The van der Waals surface area contributed by atoms with E-state index in [-0.39, 0.29) is 5.91 Å². The predicted molar refractivity (Wildman–Crippen MR) is 63.8 cm³/mol. The van der Waals surface area contributed by atoms with Gasteiger partial charge < -0.3 is 9.88 Å². The third-order valence-corrected chi connectivity index (χ3v) is 2.29. The van der Waals surface area contributed by atoms with E-state index in [1.807, 2.05) is 17.7 Å². The first-order chi connectivity index (χ1) is 7.56. The summed E-state index contributed by atoms with van der Waals surface area (Å²) in [6.45, 7) is 9.38. The number of hydrogen-bond donors (Lipinski definition) is 1. The van der Waals surface area contributed by atoms with Crippen LogP contribution in [0.25, 0.3) is 0 Å². The highest BCUT2D eigenvalue weighted by Gasteiger charge is 2.08. The maximum Gasteiger partial charge on any atom is 0.246 e. The van der Waals surface area contributed by atoms with Gasteiger partial charge in [-0.3, -0.25) is 4.79 Å². The SMILES string of the molecule is C=CCc1c(CNC(=O)C(=C)C)ncn1C. The first kappa shape index (κ1) is 12.2. The van der Waals surface area contributed by atoms with Crippen LogP contribution < -0.4 is 5.32 Å². The summed E-state index contributed by atoms with van der Waals surface area (Å²) in [5.74, 6) is -0.143.